The lowest BCUT2D eigenvalue weighted by atomic mass is 10.2. The van der Waals surface area contributed by atoms with E-state index < -0.39 is 0 Å². The van der Waals surface area contributed by atoms with Gasteiger partial charge in [0.2, 0.25) is 0 Å². The average molecular weight is 217 g/mol. The van der Waals surface area contributed by atoms with Gasteiger partial charge in [0.05, 0.1) is 12.2 Å². The van der Waals surface area contributed by atoms with Crippen molar-refractivity contribution >= 4 is 11.2 Å². The van der Waals surface area contributed by atoms with E-state index in [9.17, 15) is 9.59 Å². The Morgan fingerprint density at radius 2 is 2.12 bits per heavy atom. The third-order valence-corrected chi connectivity index (χ3v) is 3.10. The Balaban J connectivity index is 2.67. The maximum absolute atomic E-state index is 11.8. The van der Waals surface area contributed by atoms with Crippen molar-refractivity contribution in [3.63, 3.8) is 0 Å². The van der Waals surface area contributed by atoms with Crippen LogP contribution < -0.4 is 11.1 Å². The summed E-state index contributed by atoms with van der Waals surface area (Å²) in [6.07, 6.45) is 1.33. The first-order valence-corrected chi connectivity index (χ1v) is 5.21. The van der Waals surface area contributed by atoms with Crippen molar-refractivity contribution in [2.45, 2.75) is 26.4 Å². The van der Waals surface area contributed by atoms with E-state index in [1.54, 1.807) is 15.2 Å². The predicted octanol–water partition coefficient (Wildman–Crippen LogP) is 0.441. The van der Waals surface area contributed by atoms with Crippen LogP contribution in [0.3, 0.4) is 0 Å². The molecule has 0 amide bonds. The van der Waals surface area contributed by atoms with Gasteiger partial charge in [0, 0.05) is 12.6 Å². The molecule has 3 heterocycles. The second kappa shape index (κ2) is 2.81. The molecule has 5 heteroatoms. The van der Waals surface area contributed by atoms with Gasteiger partial charge in [-0.3, -0.25) is 18.7 Å². The molecule has 3 rings (SSSR count). The van der Waals surface area contributed by atoms with E-state index in [1.165, 1.54) is 6.20 Å². The summed E-state index contributed by atoms with van der Waals surface area (Å²) in [5.74, 6) is 0. The molecule has 0 spiro atoms. The molecule has 0 N–H and O–H groups in total. The molecule has 5 nitrogen and oxygen atoms in total. The van der Waals surface area contributed by atoms with Crippen LogP contribution in [0.5, 0.6) is 0 Å². The maximum Gasteiger partial charge on any atom is 0.270 e. The summed E-state index contributed by atoms with van der Waals surface area (Å²) in [6, 6.07) is 1.59. The molecule has 2 aromatic rings. The molecule has 0 saturated heterocycles. The summed E-state index contributed by atoms with van der Waals surface area (Å²) in [5.41, 5.74) is 2.01. The molecule has 1 aliphatic rings. The van der Waals surface area contributed by atoms with Crippen molar-refractivity contribution in [1.29, 1.82) is 0 Å². The van der Waals surface area contributed by atoms with E-state index in [4.69, 9.17) is 0 Å². The van der Waals surface area contributed by atoms with Gasteiger partial charge in [-0.15, -0.1) is 0 Å². The van der Waals surface area contributed by atoms with E-state index in [-0.39, 0.29) is 17.2 Å². The quantitative estimate of drug-likeness (QED) is 0.643. The number of hydrogen-bond donors (Lipinski definition) is 0. The van der Waals surface area contributed by atoms with Crippen LogP contribution in [0, 0.1) is 6.92 Å². The molecule has 82 valence electrons. The first-order valence-electron chi connectivity index (χ1n) is 5.21. The predicted molar refractivity (Wildman–Crippen MR) is 59.7 cm³/mol. The van der Waals surface area contributed by atoms with Crippen molar-refractivity contribution in [3.05, 3.63) is 38.5 Å². The highest BCUT2D eigenvalue weighted by Crippen LogP contribution is 2.22. The second-order valence-corrected chi connectivity index (χ2v) is 4.26. The minimum Gasteiger partial charge on any atom is -0.291 e. The van der Waals surface area contributed by atoms with Gasteiger partial charge in [0.15, 0.2) is 0 Å². The number of aryl methyl sites for hydroxylation is 1. The molecule has 0 bridgehead atoms. The van der Waals surface area contributed by atoms with Gasteiger partial charge in [-0.1, -0.05) is 0 Å². The molecule has 0 fully saturated rings. The number of aromatic nitrogens is 3. The highest BCUT2D eigenvalue weighted by Gasteiger charge is 2.23. The van der Waals surface area contributed by atoms with Crippen LogP contribution >= 0.6 is 0 Å². The summed E-state index contributed by atoms with van der Waals surface area (Å²) in [6.45, 7) is 4.32. The Labute approximate surface area is 91.0 Å². The lowest BCUT2D eigenvalue weighted by molar-refractivity contribution is 0.527. The van der Waals surface area contributed by atoms with Gasteiger partial charge in [-0.25, -0.2) is 4.98 Å². The summed E-state index contributed by atoms with van der Waals surface area (Å²) < 4.78 is 3.28. The smallest absolute Gasteiger partial charge is 0.270 e. The number of nitrogens with zero attached hydrogens (tertiary/aromatic N) is 3. The van der Waals surface area contributed by atoms with Gasteiger partial charge >= 0.3 is 0 Å². The van der Waals surface area contributed by atoms with Gasteiger partial charge in [0.1, 0.15) is 11.2 Å². The minimum absolute atomic E-state index is 0.0208. The molecular formula is C11H11N3O2. The lowest BCUT2D eigenvalue weighted by Crippen LogP contribution is -2.21. The van der Waals surface area contributed by atoms with E-state index in [0.29, 0.717) is 12.2 Å². The fraction of sp³-hybridized carbons (Fsp3) is 0.364. The molecule has 2 aromatic heterocycles. The normalized spacial score (nSPS) is 18.2. The molecule has 1 atom stereocenters. The molecule has 0 saturated carbocycles. The summed E-state index contributed by atoms with van der Waals surface area (Å²) >= 11 is 0. The summed E-state index contributed by atoms with van der Waals surface area (Å²) in [5, 5.41) is 0. The van der Waals surface area contributed by atoms with Crippen molar-refractivity contribution in [2.24, 2.45) is 0 Å². The first-order chi connectivity index (χ1) is 7.59. The molecule has 0 aromatic carbocycles. The van der Waals surface area contributed by atoms with Crippen LogP contribution in [0.25, 0.3) is 11.2 Å². The average Bonchev–Trinajstić information content (AvgIpc) is 2.56. The van der Waals surface area contributed by atoms with E-state index in [2.05, 4.69) is 4.98 Å². The zero-order valence-electron chi connectivity index (χ0n) is 9.10. The molecule has 0 aliphatic carbocycles. The zero-order chi connectivity index (χ0) is 11.4. The first kappa shape index (κ1) is 9.33. The third-order valence-electron chi connectivity index (χ3n) is 3.10. The zero-order valence-corrected chi connectivity index (χ0v) is 9.10. The van der Waals surface area contributed by atoms with Gasteiger partial charge in [-0.2, -0.15) is 0 Å². The molecular weight excluding hydrogens is 206 g/mol. The minimum atomic E-state index is -0.142. The van der Waals surface area contributed by atoms with Gasteiger partial charge < -0.3 is 0 Å². The maximum atomic E-state index is 11.8. The standard InChI is InChI=1S/C11H11N3O2/c1-6-3-8(15)13-5-7(2)14-9(16)4-12-10(6)11(13)14/h3-4,7H,5H2,1-2H3. The third kappa shape index (κ3) is 0.973. The largest absolute Gasteiger partial charge is 0.291 e. The van der Waals surface area contributed by atoms with Crippen molar-refractivity contribution < 1.29 is 0 Å². The Hall–Kier alpha value is -1.91. The number of pyridine rings is 1. The van der Waals surface area contributed by atoms with Crippen LogP contribution in [0.1, 0.15) is 18.5 Å². The molecule has 1 aliphatic heterocycles. The number of rotatable bonds is 0. The SMILES string of the molecule is Cc1cc(=O)n2c3c1ncc(=O)n3C(C)C2. The van der Waals surface area contributed by atoms with E-state index >= 15 is 0 Å². The van der Waals surface area contributed by atoms with Crippen molar-refractivity contribution in [3.8, 4) is 0 Å². The van der Waals surface area contributed by atoms with Crippen LogP contribution in [0.2, 0.25) is 0 Å². The highest BCUT2D eigenvalue weighted by atomic mass is 16.1. The molecule has 16 heavy (non-hydrogen) atoms. The fourth-order valence-electron chi connectivity index (χ4n) is 2.38. The van der Waals surface area contributed by atoms with Gasteiger partial charge in [0.25, 0.3) is 11.1 Å². The monoisotopic (exact) mass is 217 g/mol. The summed E-state index contributed by atoms with van der Waals surface area (Å²) in [7, 11) is 0. The molecule has 1 unspecified atom stereocenters. The van der Waals surface area contributed by atoms with Crippen molar-refractivity contribution in [1.82, 2.24) is 14.1 Å². The number of hydrogen-bond acceptors (Lipinski definition) is 3. The van der Waals surface area contributed by atoms with Crippen LogP contribution in [-0.4, -0.2) is 14.1 Å². The fourth-order valence-corrected chi connectivity index (χ4v) is 2.38. The Morgan fingerprint density at radius 3 is 2.88 bits per heavy atom. The topological polar surface area (TPSA) is 56.9 Å². The van der Waals surface area contributed by atoms with Gasteiger partial charge in [-0.05, 0) is 19.4 Å². The summed E-state index contributed by atoms with van der Waals surface area (Å²) in [4.78, 5) is 27.6. The molecule has 0 radical (unpaired) electrons. The Kier molecular flexibility index (Phi) is 1.64. The van der Waals surface area contributed by atoms with Crippen molar-refractivity contribution in [2.75, 3.05) is 0 Å². The van der Waals surface area contributed by atoms with Crippen LogP contribution in [-0.2, 0) is 6.54 Å². The van der Waals surface area contributed by atoms with E-state index in [1.807, 2.05) is 13.8 Å². The van der Waals surface area contributed by atoms with Crippen LogP contribution in [0.15, 0.2) is 21.9 Å². The Bertz CT molecular complexity index is 711. The Morgan fingerprint density at radius 1 is 1.38 bits per heavy atom. The van der Waals surface area contributed by atoms with E-state index in [0.717, 1.165) is 11.1 Å². The second-order valence-electron chi connectivity index (χ2n) is 4.26. The van der Waals surface area contributed by atoms with Crippen LogP contribution in [0.4, 0.5) is 0 Å². The lowest BCUT2D eigenvalue weighted by Gasteiger charge is -2.06. The highest BCUT2D eigenvalue weighted by molar-refractivity contribution is 5.75.